The Morgan fingerprint density at radius 3 is 2.80 bits per heavy atom. The Balaban J connectivity index is 3.09. The summed E-state index contributed by atoms with van der Waals surface area (Å²) in [6.07, 6.45) is 2.57. The molecule has 0 aliphatic rings. The molecular formula is C11H10BrFO2. The van der Waals surface area contributed by atoms with Gasteiger partial charge in [0.1, 0.15) is 5.82 Å². The van der Waals surface area contributed by atoms with E-state index in [9.17, 15) is 9.18 Å². The molecule has 15 heavy (non-hydrogen) atoms. The summed E-state index contributed by atoms with van der Waals surface area (Å²) in [6, 6.07) is 3.02. The van der Waals surface area contributed by atoms with Crippen LogP contribution in [0.2, 0.25) is 0 Å². The van der Waals surface area contributed by atoms with Gasteiger partial charge < -0.3 is 4.74 Å². The maximum Gasteiger partial charge on any atom is 0.330 e. The highest BCUT2D eigenvalue weighted by atomic mass is 79.9. The number of halogens is 2. The zero-order valence-corrected chi connectivity index (χ0v) is 9.97. The fourth-order valence-electron chi connectivity index (χ4n) is 1.05. The van der Waals surface area contributed by atoms with Gasteiger partial charge in [0.2, 0.25) is 0 Å². The van der Waals surface area contributed by atoms with E-state index in [1.165, 1.54) is 25.3 Å². The molecule has 0 unspecified atom stereocenters. The van der Waals surface area contributed by atoms with Gasteiger partial charge in [-0.1, -0.05) is 6.07 Å². The van der Waals surface area contributed by atoms with Gasteiger partial charge in [-0.15, -0.1) is 0 Å². The average molecular weight is 273 g/mol. The third-order valence-electron chi connectivity index (χ3n) is 1.91. The van der Waals surface area contributed by atoms with Gasteiger partial charge in [-0.05, 0) is 40.6 Å². The lowest BCUT2D eigenvalue weighted by Gasteiger charge is -2.03. The number of rotatable bonds is 2. The van der Waals surface area contributed by atoms with E-state index in [1.54, 1.807) is 6.07 Å². The third-order valence-corrected chi connectivity index (χ3v) is 2.96. The van der Waals surface area contributed by atoms with Gasteiger partial charge >= 0.3 is 5.97 Å². The van der Waals surface area contributed by atoms with Crippen molar-refractivity contribution >= 4 is 28.0 Å². The summed E-state index contributed by atoms with van der Waals surface area (Å²) in [5.74, 6) is -0.893. The molecule has 0 radical (unpaired) electrons. The number of ether oxygens (including phenoxy) is 1. The molecule has 0 aromatic heterocycles. The van der Waals surface area contributed by atoms with Gasteiger partial charge in [0.15, 0.2) is 0 Å². The molecule has 1 aromatic carbocycles. The Bertz CT molecular complexity index is 413. The van der Waals surface area contributed by atoms with E-state index in [0.717, 1.165) is 5.56 Å². The molecule has 0 saturated carbocycles. The fraction of sp³-hybridized carbons (Fsp3) is 0.182. The van der Waals surface area contributed by atoms with E-state index in [1.807, 2.05) is 6.92 Å². The number of hydrogen-bond acceptors (Lipinski definition) is 2. The van der Waals surface area contributed by atoms with Crippen LogP contribution in [0.25, 0.3) is 6.08 Å². The first kappa shape index (κ1) is 11.9. The molecule has 0 saturated heterocycles. The van der Waals surface area contributed by atoms with E-state index < -0.39 is 5.97 Å². The number of carbonyl (C=O) groups is 1. The van der Waals surface area contributed by atoms with Crippen LogP contribution in [-0.4, -0.2) is 13.1 Å². The van der Waals surface area contributed by atoms with Crippen molar-refractivity contribution in [3.8, 4) is 0 Å². The molecule has 0 spiro atoms. The zero-order chi connectivity index (χ0) is 11.4. The second kappa shape index (κ2) is 5.07. The van der Waals surface area contributed by atoms with Gasteiger partial charge in [0.05, 0.1) is 7.11 Å². The molecule has 0 bridgehead atoms. The predicted molar refractivity (Wildman–Crippen MR) is 59.9 cm³/mol. The number of aryl methyl sites for hydroxylation is 1. The summed E-state index contributed by atoms with van der Waals surface area (Å²) in [7, 11) is 1.27. The molecule has 4 heteroatoms. The van der Waals surface area contributed by atoms with E-state index in [-0.39, 0.29) is 5.82 Å². The highest BCUT2D eigenvalue weighted by Crippen LogP contribution is 2.25. The number of benzene rings is 1. The summed E-state index contributed by atoms with van der Waals surface area (Å²) >= 11 is 3.26. The minimum absolute atomic E-state index is 0.348. The van der Waals surface area contributed by atoms with Crippen molar-refractivity contribution in [1.82, 2.24) is 0 Å². The van der Waals surface area contributed by atoms with Gasteiger partial charge in [0, 0.05) is 16.1 Å². The van der Waals surface area contributed by atoms with Crippen LogP contribution in [0, 0.1) is 12.7 Å². The summed E-state index contributed by atoms with van der Waals surface area (Å²) in [4.78, 5) is 10.8. The predicted octanol–water partition coefficient (Wildman–Crippen LogP) is 3.08. The molecule has 0 fully saturated rings. The maximum atomic E-state index is 13.4. The Morgan fingerprint density at radius 1 is 1.53 bits per heavy atom. The summed E-state index contributed by atoms with van der Waals surface area (Å²) < 4.78 is 18.4. The first-order chi connectivity index (χ1) is 7.06. The van der Waals surface area contributed by atoms with Gasteiger partial charge in [-0.3, -0.25) is 0 Å². The monoisotopic (exact) mass is 272 g/mol. The Hall–Kier alpha value is -1.16. The molecular weight excluding hydrogens is 263 g/mol. The number of esters is 1. The minimum atomic E-state index is -0.511. The van der Waals surface area contributed by atoms with Crippen LogP contribution in [0.15, 0.2) is 22.7 Å². The summed E-state index contributed by atoms with van der Waals surface area (Å²) in [5, 5.41) is 0. The molecule has 1 rings (SSSR count). The summed E-state index contributed by atoms with van der Waals surface area (Å²) in [5.41, 5.74) is 1.25. The van der Waals surface area contributed by atoms with Gasteiger partial charge in [0.25, 0.3) is 0 Å². The van der Waals surface area contributed by atoms with Crippen molar-refractivity contribution in [2.75, 3.05) is 7.11 Å². The van der Waals surface area contributed by atoms with Gasteiger partial charge in [-0.2, -0.15) is 0 Å². The van der Waals surface area contributed by atoms with Crippen LogP contribution in [0.4, 0.5) is 4.39 Å². The zero-order valence-electron chi connectivity index (χ0n) is 8.38. The Labute approximate surface area is 95.9 Å². The van der Waals surface area contributed by atoms with Crippen molar-refractivity contribution in [2.45, 2.75) is 6.92 Å². The van der Waals surface area contributed by atoms with Crippen molar-refractivity contribution in [2.24, 2.45) is 0 Å². The van der Waals surface area contributed by atoms with Crippen LogP contribution >= 0.6 is 15.9 Å². The largest absolute Gasteiger partial charge is 0.466 e. The molecule has 1 aromatic rings. The van der Waals surface area contributed by atoms with Crippen LogP contribution < -0.4 is 0 Å². The first-order valence-corrected chi connectivity index (χ1v) is 5.06. The number of methoxy groups -OCH3 is 1. The molecule has 0 heterocycles. The fourth-order valence-corrected chi connectivity index (χ4v) is 1.50. The third kappa shape index (κ3) is 2.89. The first-order valence-electron chi connectivity index (χ1n) is 4.27. The van der Waals surface area contributed by atoms with E-state index in [2.05, 4.69) is 20.7 Å². The summed E-state index contributed by atoms with van der Waals surface area (Å²) in [6.45, 7) is 1.85. The smallest absolute Gasteiger partial charge is 0.330 e. The van der Waals surface area contributed by atoms with Crippen molar-refractivity contribution in [1.29, 1.82) is 0 Å². The van der Waals surface area contributed by atoms with Crippen molar-refractivity contribution in [3.05, 3.63) is 39.6 Å². The number of carbonyl (C=O) groups excluding carboxylic acids is 1. The molecule has 0 aliphatic heterocycles. The molecule has 0 atom stereocenters. The molecule has 2 nitrogen and oxygen atoms in total. The maximum absolute atomic E-state index is 13.4. The quantitative estimate of drug-likeness (QED) is 0.611. The standard InChI is InChI=1S/C11H10BrFO2/c1-7-3-5-9(13)8(11(7)12)4-6-10(14)15-2/h3-6H,1-2H3. The lowest BCUT2D eigenvalue weighted by molar-refractivity contribution is -0.134. The van der Waals surface area contributed by atoms with E-state index in [0.29, 0.717) is 10.0 Å². The number of hydrogen-bond donors (Lipinski definition) is 0. The topological polar surface area (TPSA) is 26.3 Å². The van der Waals surface area contributed by atoms with Crippen LogP contribution in [0.5, 0.6) is 0 Å². The molecule has 80 valence electrons. The highest BCUT2D eigenvalue weighted by Gasteiger charge is 2.06. The Kier molecular flexibility index (Phi) is 4.03. The average Bonchev–Trinajstić information content (AvgIpc) is 2.23. The van der Waals surface area contributed by atoms with E-state index in [4.69, 9.17) is 0 Å². The normalized spacial score (nSPS) is 10.7. The Morgan fingerprint density at radius 2 is 2.20 bits per heavy atom. The molecule has 0 N–H and O–H groups in total. The van der Waals surface area contributed by atoms with Crippen molar-refractivity contribution in [3.63, 3.8) is 0 Å². The SMILES string of the molecule is COC(=O)C=Cc1c(F)ccc(C)c1Br. The van der Waals surface area contributed by atoms with Gasteiger partial charge in [-0.25, -0.2) is 9.18 Å². The second-order valence-electron chi connectivity index (χ2n) is 2.95. The molecule has 0 aliphatic carbocycles. The second-order valence-corrected chi connectivity index (χ2v) is 3.74. The van der Waals surface area contributed by atoms with Crippen LogP contribution in [0.3, 0.4) is 0 Å². The highest BCUT2D eigenvalue weighted by molar-refractivity contribution is 9.10. The minimum Gasteiger partial charge on any atom is -0.466 e. The lowest BCUT2D eigenvalue weighted by Crippen LogP contribution is -1.94. The van der Waals surface area contributed by atoms with Crippen LogP contribution in [-0.2, 0) is 9.53 Å². The molecule has 0 amide bonds. The van der Waals surface area contributed by atoms with E-state index >= 15 is 0 Å². The van der Waals surface area contributed by atoms with Crippen LogP contribution in [0.1, 0.15) is 11.1 Å². The van der Waals surface area contributed by atoms with Crippen molar-refractivity contribution < 1.29 is 13.9 Å². The lowest BCUT2D eigenvalue weighted by atomic mass is 10.1.